The van der Waals surface area contributed by atoms with Gasteiger partial charge in [-0.25, -0.2) is 4.39 Å². The van der Waals surface area contributed by atoms with Crippen LogP contribution in [0.15, 0.2) is 48.5 Å². The molecule has 0 saturated heterocycles. The fourth-order valence-corrected chi connectivity index (χ4v) is 3.36. The Balaban J connectivity index is 1.88. The fourth-order valence-electron chi connectivity index (χ4n) is 3.36. The zero-order chi connectivity index (χ0) is 24.2. The van der Waals surface area contributed by atoms with E-state index in [9.17, 15) is 14.0 Å². The van der Waals surface area contributed by atoms with Gasteiger partial charge in [-0.3, -0.25) is 14.5 Å². The molecule has 0 saturated carbocycles. The zero-order valence-corrected chi connectivity index (χ0v) is 19.5. The molecule has 0 radical (unpaired) electrons. The number of halogens is 1. The number of aromatic nitrogens is 4. The van der Waals surface area contributed by atoms with E-state index in [2.05, 4.69) is 20.7 Å². The van der Waals surface area contributed by atoms with Crippen LogP contribution in [0.2, 0.25) is 0 Å². The summed E-state index contributed by atoms with van der Waals surface area (Å²) in [4.78, 5) is 29.0. The Morgan fingerprint density at radius 2 is 1.73 bits per heavy atom. The number of anilines is 1. The van der Waals surface area contributed by atoms with E-state index in [4.69, 9.17) is 0 Å². The van der Waals surface area contributed by atoms with Gasteiger partial charge in [-0.2, -0.15) is 4.80 Å². The first-order chi connectivity index (χ1) is 15.6. The topological polar surface area (TPSA) is 93.0 Å². The van der Waals surface area contributed by atoms with Crippen molar-refractivity contribution >= 4 is 17.5 Å². The van der Waals surface area contributed by atoms with E-state index < -0.39 is 23.3 Å². The van der Waals surface area contributed by atoms with E-state index >= 15 is 0 Å². The molecule has 0 aliphatic heterocycles. The van der Waals surface area contributed by atoms with Crippen LogP contribution in [0.4, 0.5) is 10.1 Å². The second-order valence-corrected chi connectivity index (χ2v) is 8.91. The molecule has 0 bridgehead atoms. The number of benzene rings is 2. The van der Waals surface area contributed by atoms with E-state index in [0.29, 0.717) is 17.9 Å². The lowest BCUT2D eigenvalue weighted by Gasteiger charge is -2.32. The summed E-state index contributed by atoms with van der Waals surface area (Å²) >= 11 is 0. The van der Waals surface area contributed by atoms with Crippen molar-refractivity contribution in [1.29, 1.82) is 0 Å². The van der Waals surface area contributed by atoms with E-state index in [1.54, 1.807) is 0 Å². The average molecular weight is 453 g/mol. The average Bonchev–Trinajstić information content (AvgIpc) is 3.20. The van der Waals surface area contributed by atoms with E-state index in [-0.39, 0.29) is 12.5 Å². The molecule has 1 aromatic heterocycles. The maximum Gasteiger partial charge on any atom is 0.251 e. The molecular weight excluding hydrogens is 423 g/mol. The number of hydrogen-bond donors (Lipinski definition) is 1. The Morgan fingerprint density at radius 3 is 2.30 bits per heavy atom. The fraction of sp³-hybridized carbons (Fsp3) is 0.375. The number of aryl methyl sites for hydroxylation is 1. The van der Waals surface area contributed by atoms with Crippen molar-refractivity contribution in [2.24, 2.45) is 0 Å². The predicted molar refractivity (Wildman–Crippen MR) is 124 cm³/mol. The summed E-state index contributed by atoms with van der Waals surface area (Å²) in [5, 5.41) is 15.3. The van der Waals surface area contributed by atoms with E-state index in [1.807, 2.05) is 58.9 Å². The van der Waals surface area contributed by atoms with Gasteiger partial charge in [0, 0.05) is 16.8 Å². The summed E-state index contributed by atoms with van der Waals surface area (Å²) < 4.78 is 13.5. The lowest BCUT2D eigenvalue weighted by atomic mass is 10.1. The molecule has 2 aromatic carbocycles. The predicted octanol–water partition coefficient (Wildman–Crippen LogP) is 3.51. The van der Waals surface area contributed by atoms with Crippen molar-refractivity contribution in [3.8, 4) is 11.4 Å². The van der Waals surface area contributed by atoms with Gasteiger partial charge in [0.05, 0.1) is 0 Å². The number of carbonyl (C=O) groups is 2. The molecule has 1 N–H and O–H groups in total. The van der Waals surface area contributed by atoms with Crippen LogP contribution < -0.4 is 10.2 Å². The third kappa shape index (κ3) is 6.21. The molecule has 0 spiro atoms. The van der Waals surface area contributed by atoms with Crippen molar-refractivity contribution in [1.82, 2.24) is 25.5 Å². The third-order valence-electron chi connectivity index (χ3n) is 4.91. The second-order valence-electron chi connectivity index (χ2n) is 8.91. The highest BCUT2D eigenvalue weighted by Crippen LogP contribution is 2.21. The highest BCUT2D eigenvalue weighted by molar-refractivity contribution is 6.00. The molecule has 1 atom stereocenters. The Labute approximate surface area is 192 Å². The Hall–Kier alpha value is -3.62. The zero-order valence-electron chi connectivity index (χ0n) is 19.5. The van der Waals surface area contributed by atoms with Crippen LogP contribution in [0, 0.1) is 12.7 Å². The summed E-state index contributed by atoms with van der Waals surface area (Å²) in [7, 11) is 0. The Morgan fingerprint density at radius 1 is 1.09 bits per heavy atom. The normalized spacial score (nSPS) is 12.3. The van der Waals surface area contributed by atoms with Gasteiger partial charge in [-0.05, 0) is 63.6 Å². The SMILES string of the molecule is CC[C@H](C(=O)NC(C)(C)C)N(C(=O)Cn1nnc(-c2ccc(C)cc2)n1)c1ccc(F)cc1. The van der Waals surface area contributed by atoms with Gasteiger partial charge in [0.1, 0.15) is 18.4 Å². The number of hydrogen-bond acceptors (Lipinski definition) is 5. The molecule has 0 unspecified atom stereocenters. The molecule has 0 aliphatic carbocycles. The molecule has 174 valence electrons. The monoisotopic (exact) mass is 452 g/mol. The van der Waals surface area contributed by atoms with Crippen molar-refractivity contribution < 1.29 is 14.0 Å². The summed E-state index contributed by atoms with van der Waals surface area (Å²) in [5.41, 5.74) is 1.83. The smallest absolute Gasteiger partial charge is 0.251 e. The molecule has 1 heterocycles. The van der Waals surface area contributed by atoms with Gasteiger partial charge in [0.2, 0.25) is 11.7 Å². The minimum absolute atomic E-state index is 0.227. The first-order valence-electron chi connectivity index (χ1n) is 10.8. The standard InChI is InChI=1S/C24H29FN6O2/c1-6-20(23(33)26-24(3,4)5)31(19-13-11-18(25)12-14-19)21(32)15-30-28-22(27-29-30)17-9-7-16(2)8-10-17/h7-14,20H,6,15H2,1-5H3,(H,26,33)/t20-/m1/s1. The van der Waals surface area contributed by atoms with Gasteiger partial charge in [-0.15, -0.1) is 10.2 Å². The minimum Gasteiger partial charge on any atom is -0.350 e. The number of carbonyl (C=O) groups excluding carboxylic acids is 2. The highest BCUT2D eigenvalue weighted by atomic mass is 19.1. The molecule has 8 nitrogen and oxygen atoms in total. The van der Waals surface area contributed by atoms with Crippen LogP contribution in [-0.4, -0.2) is 43.6 Å². The number of amides is 2. The molecule has 3 rings (SSSR count). The maximum absolute atomic E-state index is 13.5. The largest absolute Gasteiger partial charge is 0.350 e. The molecule has 0 aliphatic rings. The Kier molecular flexibility index (Phi) is 7.20. The molecule has 9 heteroatoms. The quantitative estimate of drug-likeness (QED) is 0.592. The van der Waals surface area contributed by atoms with Crippen molar-refractivity contribution in [2.75, 3.05) is 4.90 Å². The van der Waals surface area contributed by atoms with Crippen LogP contribution in [0.3, 0.4) is 0 Å². The van der Waals surface area contributed by atoms with Crippen molar-refractivity contribution in [3.05, 3.63) is 59.9 Å². The van der Waals surface area contributed by atoms with Gasteiger partial charge in [0.15, 0.2) is 0 Å². The minimum atomic E-state index is -0.790. The maximum atomic E-state index is 13.5. The number of rotatable bonds is 7. The van der Waals surface area contributed by atoms with E-state index in [1.165, 1.54) is 34.0 Å². The van der Waals surface area contributed by atoms with Gasteiger partial charge >= 0.3 is 0 Å². The number of nitrogens with zero attached hydrogens (tertiary/aromatic N) is 5. The molecule has 2 amide bonds. The lowest BCUT2D eigenvalue weighted by molar-refractivity contribution is -0.128. The summed E-state index contributed by atoms with van der Waals surface area (Å²) in [6.45, 7) is 9.18. The first kappa shape index (κ1) is 24.0. The van der Waals surface area contributed by atoms with E-state index in [0.717, 1.165) is 11.1 Å². The second kappa shape index (κ2) is 9.89. The van der Waals surface area contributed by atoms with Gasteiger partial charge in [0.25, 0.3) is 5.91 Å². The van der Waals surface area contributed by atoms with Crippen molar-refractivity contribution in [3.63, 3.8) is 0 Å². The number of nitrogens with one attached hydrogen (secondary N) is 1. The summed E-state index contributed by atoms with van der Waals surface area (Å²) in [6, 6.07) is 12.3. The summed E-state index contributed by atoms with van der Waals surface area (Å²) in [6.07, 6.45) is 0.366. The van der Waals surface area contributed by atoms with Crippen LogP contribution in [-0.2, 0) is 16.1 Å². The van der Waals surface area contributed by atoms with Gasteiger partial charge < -0.3 is 5.32 Å². The first-order valence-corrected chi connectivity index (χ1v) is 10.8. The van der Waals surface area contributed by atoms with Crippen molar-refractivity contribution in [2.45, 2.75) is 59.2 Å². The van der Waals surface area contributed by atoms with Crippen LogP contribution in [0.1, 0.15) is 39.7 Å². The number of tetrazole rings is 1. The lowest BCUT2D eigenvalue weighted by Crippen LogP contribution is -2.54. The highest BCUT2D eigenvalue weighted by Gasteiger charge is 2.32. The molecular formula is C24H29FN6O2. The van der Waals surface area contributed by atoms with Crippen LogP contribution in [0.5, 0.6) is 0 Å². The van der Waals surface area contributed by atoms with Crippen LogP contribution >= 0.6 is 0 Å². The third-order valence-corrected chi connectivity index (χ3v) is 4.91. The Bertz CT molecular complexity index is 1100. The molecule has 0 fully saturated rings. The molecule has 33 heavy (non-hydrogen) atoms. The van der Waals surface area contributed by atoms with Crippen LogP contribution in [0.25, 0.3) is 11.4 Å². The summed E-state index contributed by atoms with van der Waals surface area (Å²) in [5.74, 6) is -0.743. The molecule has 3 aromatic rings. The van der Waals surface area contributed by atoms with Gasteiger partial charge in [-0.1, -0.05) is 36.8 Å².